The lowest BCUT2D eigenvalue weighted by atomic mass is 10.1. The van der Waals surface area contributed by atoms with E-state index in [1.165, 1.54) is 32.2 Å². The second-order valence-corrected chi connectivity index (χ2v) is 6.90. The highest BCUT2D eigenvalue weighted by Gasteiger charge is 2.15. The Morgan fingerprint density at radius 2 is 1.39 bits per heavy atom. The van der Waals surface area contributed by atoms with Crippen molar-refractivity contribution in [3.63, 3.8) is 0 Å². The fourth-order valence-electron chi connectivity index (χ4n) is 2.85. The first kappa shape index (κ1) is 23.3. The molecule has 0 bridgehead atoms. The van der Waals surface area contributed by atoms with Crippen molar-refractivity contribution in [2.45, 2.75) is 6.92 Å². The highest BCUT2D eigenvalue weighted by Crippen LogP contribution is 2.29. The fourth-order valence-corrected chi connectivity index (χ4v) is 2.85. The molecule has 33 heavy (non-hydrogen) atoms. The highest BCUT2D eigenvalue weighted by molar-refractivity contribution is 5.95. The molecule has 0 aliphatic heterocycles. The van der Waals surface area contributed by atoms with E-state index in [1.54, 1.807) is 55.6 Å². The molecule has 170 valence electrons. The number of anilines is 1. The maximum atomic E-state index is 12.5. The number of ketones is 1. The summed E-state index contributed by atoms with van der Waals surface area (Å²) in [7, 11) is 2.99. The second-order valence-electron chi connectivity index (χ2n) is 6.90. The second kappa shape index (κ2) is 10.8. The molecule has 0 saturated carbocycles. The number of Topliss-reactive ketones (excluding diaryl/α,β-unsaturated/α-hetero) is 1. The number of hydrogen-bond donors (Lipinski definition) is 1. The molecule has 3 aromatic rings. The van der Waals surface area contributed by atoms with Gasteiger partial charge in [-0.05, 0) is 73.7 Å². The van der Waals surface area contributed by atoms with Crippen molar-refractivity contribution in [2.24, 2.45) is 0 Å². The lowest BCUT2D eigenvalue weighted by Gasteiger charge is -2.12. The number of hydrogen-bond acceptors (Lipinski definition) is 7. The van der Waals surface area contributed by atoms with Crippen molar-refractivity contribution in [3.05, 3.63) is 77.9 Å². The van der Waals surface area contributed by atoms with Gasteiger partial charge in [0.2, 0.25) is 0 Å². The summed E-state index contributed by atoms with van der Waals surface area (Å²) in [5, 5.41) is 2.71. The summed E-state index contributed by atoms with van der Waals surface area (Å²) in [5.74, 6) is 0.511. The minimum atomic E-state index is -0.604. The standard InChI is InChI=1S/C25H23NO7/c1-16(27)17-4-9-21(10-5-17)33-25(29)18-6-13-22(23(14-18)31-3)32-15-24(28)26-19-7-11-20(30-2)12-8-19/h4-14H,15H2,1-3H3,(H,26,28). The number of carbonyl (C=O) groups excluding carboxylic acids is 3. The van der Waals surface area contributed by atoms with Crippen LogP contribution in [0.15, 0.2) is 66.7 Å². The van der Waals surface area contributed by atoms with Crippen molar-refractivity contribution in [1.82, 2.24) is 0 Å². The molecule has 8 heteroatoms. The summed E-state index contributed by atoms with van der Waals surface area (Å²) >= 11 is 0. The van der Waals surface area contributed by atoms with Gasteiger partial charge in [-0.25, -0.2) is 4.79 Å². The Hall–Kier alpha value is -4.33. The minimum Gasteiger partial charge on any atom is -0.497 e. The van der Waals surface area contributed by atoms with Gasteiger partial charge in [0.1, 0.15) is 11.5 Å². The molecule has 3 rings (SSSR count). The van der Waals surface area contributed by atoms with Crippen molar-refractivity contribution >= 4 is 23.3 Å². The van der Waals surface area contributed by atoms with E-state index in [4.69, 9.17) is 18.9 Å². The molecule has 0 aromatic heterocycles. The van der Waals surface area contributed by atoms with Crippen LogP contribution in [0.25, 0.3) is 0 Å². The van der Waals surface area contributed by atoms with Crippen LogP contribution in [0.1, 0.15) is 27.6 Å². The zero-order chi connectivity index (χ0) is 23.8. The van der Waals surface area contributed by atoms with E-state index in [1.807, 2.05) is 0 Å². The number of carbonyl (C=O) groups is 3. The molecule has 1 N–H and O–H groups in total. The van der Waals surface area contributed by atoms with Crippen LogP contribution in [0.4, 0.5) is 5.69 Å². The highest BCUT2D eigenvalue weighted by atomic mass is 16.5. The van der Waals surface area contributed by atoms with E-state index in [2.05, 4.69) is 5.32 Å². The molecule has 0 fully saturated rings. The van der Waals surface area contributed by atoms with Crippen LogP contribution in [-0.2, 0) is 4.79 Å². The molecule has 8 nitrogen and oxygen atoms in total. The zero-order valence-corrected chi connectivity index (χ0v) is 18.4. The first-order valence-electron chi connectivity index (χ1n) is 9.97. The van der Waals surface area contributed by atoms with Gasteiger partial charge >= 0.3 is 5.97 Å². The third kappa shape index (κ3) is 6.33. The predicted molar refractivity (Wildman–Crippen MR) is 122 cm³/mol. The van der Waals surface area contributed by atoms with E-state index in [0.717, 1.165) is 0 Å². The summed E-state index contributed by atoms with van der Waals surface area (Å²) < 4.78 is 21.3. The number of esters is 1. The maximum absolute atomic E-state index is 12.5. The molecule has 0 radical (unpaired) electrons. The first-order valence-corrected chi connectivity index (χ1v) is 9.97. The lowest BCUT2D eigenvalue weighted by Crippen LogP contribution is -2.20. The third-order valence-electron chi connectivity index (χ3n) is 4.60. The minimum absolute atomic E-state index is 0.0779. The molecule has 0 aliphatic rings. The van der Waals surface area contributed by atoms with Crippen LogP contribution in [0.2, 0.25) is 0 Å². The number of methoxy groups -OCH3 is 2. The number of rotatable bonds is 9. The largest absolute Gasteiger partial charge is 0.497 e. The summed E-state index contributed by atoms with van der Waals surface area (Å²) in [6.45, 7) is 1.20. The Morgan fingerprint density at radius 1 is 0.758 bits per heavy atom. The topological polar surface area (TPSA) is 100 Å². The van der Waals surface area contributed by atoms with Crippen LogP contribution < -0.4 is 24.3 Å². The van der Waals surface area contributed by atoms with Gasteiger partial charge in [0.05, 0.1) is 19.8 Å². The number of benzene rings is 3. The fraction of sp³-hybridized carbons (Fsp3) is 0.160. The van der Waals surface area contributed by atoms with Crippen molar-refractivity contribution in [1.29, 1.82) is 0 Å². The smallest absolute Gasteiger partial charge is 0.343 e. The zero-order valence-electron chi connectivity index (χ0n) is 18.4. The van der Waals surface area contributed by atoms with Crippen molar-refractivity contribution in [2.75, 3.05) is 26.1 Å². The molecular weight excluding hydrogens is 426 g/mol. The Labute approximate surface area is 191 Å². The summed E-state index contributed by atoms with van der Waals surface area (Å²) in [6.07, 6.45) is 0. The molecular formula is C25H23NO7. The predicted octanol–water partition coefficient (Wildman–Crippen LogP) is 4.14. The van der Waals surface area contributed by atoms with Gasteiger partial charge in [-0.2, -0.15) is 0 Å². The molecule has 1 amide bonds. The Bertz CT molecular complexity index is 1140. The van der Waals surface area contributed by atoms with Crippen LogP contribution in [0.5, 0.6) is 23.0 Å². The van der Waals surface area contributed by atoms with E-state index in [-0.39, 0.29) is 29.6 Å². The summed E-state index contributed by atoms with van der Waals surface area (Å²) in [4.78, 5) is 36.0. The van der Waals surface area contributed by atoms with E-state index >= 15 is 0 Å². The van der Waals surface area contributed by atoms with Gasteiger partial charge in [-0.15, -0.1) is 0 Å². The summed E-state index contributed by atoms with van der Waals surface area (Å²) in [6, 6.07) is 17.6. The monoisotopic (exact) mass is 449 g/mol. The van der Waals surface area contributed by atoms with E-state index < -0.39 is 5.97 Å². The molecule has 0 spiro atoms. The van der Waals surface area contributed by atoms with E-state index in [0.29, 0.717) is 28.5 Å². The summed E-state index contributed by atoms with van der Waals surface area (Å²) in [5.41, 5.74) is 1.36. The Morgan fingerprint density at radius 3 is 2.00 bits per heavy atom. The van der Waals surface area contributed by atoms with Crippen molar-refractivity contribution < 1.29 is 33.3 Å². The van der Waals surface area contributed by atoms with Crippen LogP contribution in [0, 0.1) is 0 Å². The van der Waals surface area contributed by atoms with Gasteiger partial charge < -0.3 is 24.3 Å². The molecule has 0 saturated heterocycles. The number of nitrogens with one attached hydrogen (secondary N) is 1. The van der Waals surface area contributed by atoms with Crippen LogP contribution >= 0.6 is 0 Å². The maximum Gasteiger partial charge on any atom is 0.343 e. The SMILES string of the molecule is COc1ccc(NC(=O)COc2ccc(C(=O)Oc3ccc(C(C)=O)cc3)cc2OC)cc1. The van der Waals surface area contributed by atoms with E-state index in [9.17, 15) is 14.4 Å². The average Bonchev–Trinajstić information content (AvgIpc) is 2.83. The number of amides is 1. The van der Waals surface area contributed by atoms with Crippen molar-refractivity contribution in [3.8, 4) is 23.0 Å². The average molecular weight is 449 g/mol. The Kier molecular flexibility index (Phi) is 7.64. The normalized spacial score (nSPS) is 10.2. The molecule has 0 unspecified atom stereocenters. The van der Waals surface area contributed by atoms with Gasteiger partial charge in [0, 0.05) is 11.3 Å². The third-order valence-corrected chi connectivity index (χ3v) is 4.60. The molecule has 0 atom stereocenters. The molecule has 0 heterocycles. The van der Waals surface area contributed by atoms with Crippen LogP contribution in [0.3, 0.4) is 0 Å². The number of ether oxygens (including phenoxy) is 4. The van der Waals surface area contributed by atoms with Gasteiger partial charge in [0.15, 0.2) is 23.9 Å². The quantitative estimate of drug-likeness (QED) is 0.298. The Balaban J connectivity index is 1.60. The first-order chi connectivity index (χ1) is 15.9. The van der Waals surface area contributed by atoms with Gasteiger partial charge in [-0.3, -0.25) is 9.59 Å². The lowest BCUT2D eigenvalue weighted by molar-refractivity contribution is -0.118. The van der Waals surface area contributed by atoms with Gasteiger partial charge in [-0.1, -0.05) is 0 Å². The molecule has 3 aromatic carbocycles. The molecule has 0 aliphatic carbocycles. The van der Waals surface area contributed by atoms with Gasteiger partial charge in [0.25, 0.3) is 5.91 Å². The van der Waals surface area contributed by atoms with Crippen LogP contribution in [-0.4, -0.2) is 38.5 Å².